The van der Waals surface area contributed by atoms with Crippen LogP contribution < -0.4 is 5.46 Å². The summed E-state index contributed by atoms with van der Waals surface area (Å²) < 4.78 is 0. The van der Waals surface area contributed by atoms with E-state index in [0.717, 1.165) is 6.42 Å². The van der Waals surface area contributed by atoms with Crippen molar-refractivity contribution in [3.8, 4) is 0 Å². The molecule has 2 atom stereocenters. The molecule has 0 bridgehead atoms. The van der Waals surface area contributed by atoms with Crippen LogP contribution in [0.1, 0.15) is 57.6 Å². The van der Waals surface area contributed by atoms with E-state index in [4.69, 9.17) is 0 Å². The number of hydrogen-bond donors (Lipinski definition) is 0. The number of benzene rings is 3. The molecule has 0 saturated heterocycles. The van der Waals surface area contributed by atoms with Crippen LogP contribution in [0, 0.1) is 0 Å². The van der Waals surface area contributed by atoms with Gasteiger partial charge in [0, 0.05) is 0 Å². The van der Waals surface area contributed by atoms with Crippen LogP contribution in [0.5, 0.6) is 0 Å². The molecule has 2 unspecified atom stereocenters. The van der Waals surface area contributed by atoms with Crippen LogP contribution >= 0.6 is 0 Å². The Morgan fingerprint density at radius 3 is 2.20 bits per heavy atom. The zero-order chi connectivity index (χ0) is 17.9. The number of fused-ring (bicyclic) bond motifs is 1. The van der Waals surface area contributed by atoms with Gasteiger partial charge in [0.25, 0.3) is 0 Å². The Hall–Kier alpha value is -2.02. The minimum absolute atomic E-state index is 0.0228. The third kappa shape index (κ3) is 3.51. The first kappa shape index (κ1) is 17.8. The fraction of sp³-hybridized carbons (Fsp3) is 0.333. The summed E-state index contributed by atoms with van der Waals surface area (Å²) in [5.74, 6) is 0.588. The van der Waals surface area contributed by atoms with Gasteiger partial charge >= 0.3 is 0 Å². The van der Waals surface area contributed by atoms with Crippen LogP contribution in [-0.2, 0) is 5.31 Å². The van der Waals surface area contributed by atoms with Gasteiger partial charge in [-0.15, -0.1) is 0 Å². The summed E-state index contributed by atoms with van der Waals surface area (Å²) in [6.45, 7) is 9.25. The highest BCUT2D eigenvalue weighted by molar-refractivity contribution is 6.57. The van der Waals surface area contributed by atoms with Crippen molar-refractivity contribution >= 4 is 23.5 Å². The first-order valence-corrected chi connectivity index (χ1v) is 9.52. The molecule has 25 heavy (non-hydrogen) atoms. The third-order valence-electron chi connectivity index (χ3n) is 5.73. The molecule has 3 aromatic carbocycles. The number of hydrogen-bond acceptors (Lipinski definition) is 0. The smallest absolute Gasteiger partial charge is 0.0867 e. The van der Waals surface area contributed by atoms with Crippen molar-refractivity contribution in [3.63, 3.8) is 0 Å². The molecule has 0 amide bonds. The second-order valence-electron chi connectivity index (χ2n) is 7.38. The van der Waals surface area contributed by atoms with Crippen molar-refractivity contribution in [3.05, 3.63) is 77.9 Å². The zero-order valence-electron chi connectivity index (χ0n) is 15.9. The summed E-state index contributed by atoms with van der Waals surface area (Å²) >= 11 is 0. The van der Waals surface area contributed by atoms with Gasteiger partial charge < -0.3 is 0 Å². The number of rotatable bonds is 6. The monoisotopic (exact) mass is 327 g/mol. The second kappa shape index (κ2) is 7.48. The molecule has 0 aromatic heterocycles. The topological polar surface area (TPSA) is 0 Å². The summed E-state index contributed by atoms with van der Waals surface area (Å²) in [6.07, 6.45) is 2.25. The lowest BCUT2D eigenvalue weighted by molar-refractivity contribution is 0.648. The lowest BCUT2D eigenvalue weighted by Crippen LogP contribution is -2.37. The van der Waals surface area contributed by atoms with Crippen molar-refractivity contribution in [2.45, 2.75) is 51.8 Å². The molecule has 0 nitrogen and oxygen atoms in total. The highest BCUT2D eigenvalue weighted by atomic mass is 14.2. The molecule has 0 aliphatic heterocycles. The van der Waals surface area contributed by atoms with Gasteiger partial charge in [-0.3, -0.25) is 0 Å². The molecular weight excluding hydrogens is 299 g/mol. The maximum atomic E-state index is 2.43. The summed E-state index contributed by atoms with van der Waals surface area (Å²) in [5.41, 5.74) is 4.20. The first-order chi connectivity index (χ1) is 12.1. The van der Waals surface area contributed by atoms with E-state index in [2.05, 4.69) is 102 Å². The average molecular weight is 327 g/mol. The van der Waals surface area contributed by atoms with Crippen LogP contribution in [-0.4, -0.2) is 7.28 Å². The molecule has 0 aliphatic carbocycles. The fourth-order valence-corrected chi connectivity index (χ4v) is 3.77. The molecule has 0 aliphatic rings. The standard InChI is InChI=1S/C24H28B/c1-5-18(3)20-14-10-16-22-21(20)15-11-17-23(22)24(4,6-2)25-19-12-8-7-9-13-19/h7-18H,5-6H2,1-4H3. The Morgan fingerprint density at radius 1 is 0.840 bits per heavy atom. The van der Waals surface area contributed by atoms with E-state index in [9.17, 15) is 0 Å². The molecule has 3 aromatic rings. The second-order valence-corrected chi connectivity index (χ2v) is 7.38. The maximum absolute atomic E-state index is 2.43. The zero-order valence-corrected chi connectivity index (χ0v) is 15.9. The molecule has 0 heterocycles. The molecular formula is C24H28B. The van der Waals surface area contributed by atoms with Crippen molar-refractivity contribution in [1.82, 2.24) is 0 Å². The third-order valence-corrected chi connectivity index (χ3v) is 5.73. The minimum atomic E-state index is 0.0228. The van der Waals surface area contributed by atoms with Gasteiger partial charge in [0.05, 0.1) is 0 Å². The van der Waals surface area contributed by atoms with E-state index < -0.39 is 0 Å². The lowest BCUT2D eigenvalue weighted by atomic mass is 9.45. The van der Waals surface area contributed by atoms with Crippen LogP contribution in [0.15, 0.2) is 66.7 Å². The molecule has 0 N–H and O–H groups in total. The summed E-state index contributed by atoms with van der Waals surface area (Å²) in [6, 6.07) is 24.4. The van der Waals surface area contributed by atoms with Gasteiger partial charge in [-0.1, -0.05) is 106 Å². The first-order valence-electron chi connectivity index (χ1n) is 9.52. The van der Waals surface area contributed by atoms with Crippen molar-refractivity contribution < 1.29 is 0 Å². The van der Waals surface area contributed by atoms with E-state index in [1.165, 1.54) is 33.8 Å². The van der Waals surface area contributed by atoms with E-state index in [0.29, 0.717) is 5.92 Å². The van der Waals surface area contributed by atoms with E-state index in [1.54, 1.807) is 0 Å². The van der Waals surface area contributed by atoms with E-state index in [1.807, 2.05) is 0 Å². The molecule has 0 saturated carbocycles. The van der Waals surface area contributed by atoms with Gasteiger partial charge in [0.1, 0.15) is 0 Å². The summed E-state index contributed by atoms with van der Waals surface area (Å²) in [7, 11) is 2.43. The predicted octanol–water partition coefficient (Wildman–Crippen LogP) is 6.01. The van der Waals surface area contributed by atoms with Crippen LogP contribution in [0.4, 0.5) is 0 Å². The fourth-order valence-electron chi connectivity index (χ4n) is 3.77. The SMILES string of the molecule is CCC(C)c1cccc2c(C(C)([B]c3ccccc3)CC)cccc12. The van der Waals surface area contributed by atoms with Crippen molar-refractivity contribution in [1.29, 1.82) is 0 Å². The van der Waals surface area contributed by atoms with Crippen LogP contribution in [0.25, 0.3) is 10.8 Å². The Kier molecular flexibility index (Phi) is 5.32. The van der Waals surface area contributed by atoms with Crippen molar-refractivity contribution in [2.24, 2.45) is 0 Å². The molecule has 127 valence electrons. The van der Waals surface area contributed by atoms with Crippen LogP contribution in [0.3, 0.4) is 0 Å². The quantitative estimate of drug-likeness (QED) is 0.487. The average Bonchev–Trinajstić information content (AvgIpc) is 2.67. The van der Waals surface area contributed by atoms with Crippen molar-refractivity contribution in [2.75, 3.05) is 0 Å². The van der Waals surface area contributed by atoms with E-state index >= 15 is 0 Å². The van der Waals surface area contributed by atoms with E-state index in [-0.39, 0.29) is 5.31 Å². The predicted molar refractivity (Wildman–Crippen MR) is 112 cm³/mol. The molecule has 0 fully saturated rings. The molecule has 1 heteroatoms. The molecule has 0 spiro atoms. The van der Waals surface area contributed by atoms with Gasteiger partial charge in [-0.05, 0) is 39.6 Å². The largest absolute Gasteiger partial charge is 0.164 e. The lowest BCUT2D eigenvalue weighted by Gasteiger charge is -2.30. The van der Waals surface area contributed by atoms with Gasteiger partial charge in [0.2, 0.25) is 0 Å². The summed E-state index contributed by atoms with van der Waals surface area (Å²) in [5, 5.41) is 2.84. The molecule has 1 radical (unpaired) electrons. The Bertz CT molecular complexity index is 837. The van der Waals surface area contributed by atoms with Crippen LogP contribution in [0.2, 0.25) is 0 Å². The highest BCUT2D eigenvalue weighted by Crippen LogP contribution is 2.35. The normalized spacial score (nSPS) is 14.9. The molecule has 3 rings (SSSR count). The Labute approximate surface area is 153 Å². The summed E-state index contributed by atoms with van der Waals surface area (Å²) in [4.78, 5) is 0. The van der Waals surface area contributed by atoms with Gasteiger partial charge in [-0.2, -0.15) is 0 Å². The van der Waals surface area contributed by atoms with Gasteiger partial charge in [-0.25, -0.2) is 0 Å². The Morgan fingerprint density at radius 2 is 1.52 bits per heavy atom. The minimum Gasteiger partial charge on any atom is -0.0867 e. The van der Waals surface area contributed by atoms with Gasteiger partial charge in [0.15, 0.2) is 7.28 Å². The highest BCUT2D eigenvalue weighted by Gasteiger charge is 2.28. The Balaban J connectivity index is 2.13. The maximum Gasteiger partial charge on any atom is 0.164 e.